The fourth-order valence-corrected chi connectivity index (χ4v) is 2.44. The molecule has 3 rings (SSSR count). The molecule has 0 radical (unpaired) electrons. The van der Waals surface area contributed by atoms with Crippen molar-refractivity contribution in [2.75, 3.05) is 0 Å². The summed E-state index contributed by atoms with van der Waals surface area (Å²) in [5.41, 5.74) is 2.58. The minimum absolute atomic E-state index is 0.217. The summed E-state index contributed by atoms with van der Waals surface area (Å²) >= 11 is 0. The number of aryl methyl sites for hydroxylation is 1. The number of H-pyrrole nitrogens is 1. The number of fused-ring (bicyclic) bond motifs is 1. The van der Waals surface area contributed by atoms with Gasteiger partial charge in [-0.2, -0.15) is 0 Å². The van der Waals surface area contributed by atoms with E-state index in [1.54, 1.807) is 6.20 Å². The first kappa shape index (κ1) is 12.0. The normalized spacial score (nSPS) is 12.9. The maximum atomic E-state index is 4.27. The first-order valence-electron chi connectivity index (χ1n) is 6.51. The van der Waals surface area contributed by atoms with Crippen LogP contribution in [-0.4, -0.2) is 14.5 Å². The van der Waals surface area contributed by atoms with Crippen molar-refractivity contribution in [3.8, 4) is 0 Å². The lowest BCUT2D eigenvalue weighted by atomic mass is 10.1. The summed E-state index contributed by atoms with van der Waals surface area (Å²) < 4.78 is 2.17. The molecule has 3 aromatic rings. The number of hydrogen-bond donors (Lipinski definition) is 2. The highest BCUT2D eigenvalue weighted by atomic mass is 15.0. The van der Waals surface area contributed by atoms with Crippen LogP contribution in [0.2, 0.25) is 0 Å². The fraction of sp³-hybridized carbons (Fsp3) is 0.267. The van der Waals surface area contributed by atoms with Gasteiger partial charge in [0.1, 0.15) is 5.82 Å². The molecular weight excluding hydrogens is 236 g/mol. The highest BCUT2D eigenvalue weighted by Gasteiger charge is 2.09. The predicted octanol–water partition coefficient (Wildman–Crippen LogP) is 2.75. The van der Waals surface area contributed by atoms with Gasteiger partial charge in [0.25, 0.3) is 0 Å². The largest absolute Gasteiger partial charge is 0.350 e. The lowest BCUT2D eigenvalue weighted by molar-refractivity contribution is 0.552. The van der Waals surface area contributed by atoms with Gasteiger partial charge in [0.15, 0.2) is 0 Å². The van der Waals surface area contributed by atoms with E-state index in [2.05, 4.69) is 64.3 Å². The van der Waals surface area contributed by atoms with Gasteiger partial charge in [-0.25, -0.2) is 4.98 Å². The van der Waals surface area contributed by atoms with E-state index >= 15 is 0 Å². The van der Waals surface area contributed by atoms with Crippen LogP contribution in [-0.2, 0) is 13.6 Å². The Kier molecular flexibility index (Phi) is 3.09. The average molecular weight is 254 g/mol. The number of para-hydroxylation sites is 1. The van der Waals surface area contributed by atoms with Crippen LogP contribution in [0.5, 0.6) is 0 Å². The van der Waals surface area contributed by atoms with Gasteiger partial charge in [-0.05, 0) is 18.6 Å². The zero-order valence-corrected chi connectivity index (χ0v) is 11.2. The molecule has 0 aliphatic rings. The Bertz CT molecular complexity index is 667. The fourth-order valence-electron chi connectivity index (χ4n) is 2.44. The number of aromatic nitrogens is 3. The van der Waals surface area contributed by atoms with Crippen molar-refractivity contribution < 1.29 is 0 Å². The van der Waals surface area contributed by atoms with Gasteiger partial charge in [-0.15, -0.1) is 0 Å². The summed E-state index contributed by atoms with van der Waals surface area (Å²) in [7, 11) is 2.09. The van der Waals surface area contributed by atoms with Crippen molar-refractivity contribution >= 4 is 10.9 Å². The molecule has 2 aromatic heterocycles. The Morgan fingerprint density at radius 2 is 2.21 bits per heavy atom. The molecule has 0 saturated heterocycles. The van der Waals surface area contributed by atoms with Gasteiger partial charge in [0.2, 0.25) is 0 Å². The number of aromatic amines is 1. The van der Waals surface area contributed by atoms with E-state index in [1.807, 2.05) is 6.20 Å². The topological polar surface area (TPSA) is 45.6 Å². The molecule has 1 unspecified atom stereocenters. The first-order chi connectivity index (χ1) is 9.25. The SMILES string of the molecule is CC(NCc1cn(C)c2ccccc12)c1ncc[nH]1. The zero-order chi connectivity index (χ0) is 13.2. The van der Waals surface area contributed by atoms with E-state index in [1.165, 1.54) is 16.5 Å². The smallest absolute Gasteiger partial charge is 0.122 e. The molecule has 2 N–H and O–H groups in total. The number of imidazole rings is 1. The maximum Gasteiger partial charge on any atom is 0.122 e. The molecule has 1 aromatic carbocycles. The predicted molar refractivity (Wildman–Crippen MR) is 76.8 cm³/mol. The number of nitrogens with one attached hydrogen (secondary N) is 2. The number of rotatable bonds is 4. The van der Waals surface area contributed by atoms with Crippen molar-refractivity contribution in [3.05, 3.63) is 54.2 Å². The molecule has 0 saturated carbocycles. The molecule has 19 heavy (non-hydrogen) atoms. The van der Waals surface area contributed by atoms with E-state index < -0.39 is 0 Å². The van der Waals surface area contributed by atoms with E-state index in [9.17, 15) is 0 Å². The van der Waals surface area contributed by atoms with Crippen molar-refractivity contribution in [1.29, 1.82) is 0 Å². The van der Waals surface area contributed by atoms with Crippen LogP contribution >= 0.6 is 0 Å². The van der Waals surface area contributed by atoms with Crippen molar-refractivity contribution in [2.24, 2.45) is 7.05 Å². The molecule has 0 amide bonds. The molecular formula is C15H18N4. The molecule has 4 heteroatoms. The molecule has 0 aliphatic heterocycles. The van der Waals surface area contributed by atoms with Crippen LogP contribution in [0, 0.1) is 0 Å². The third-order valence-electron chi connectivity index (χ3n) is 3.51. The van der Waals surface area contributed by atoms with Crippen LogP contribution in [0.25, 0.3) is 10.9 Å². The standard InChI is InChI=1S/C15H18N4/c1-11(15-16-7-8-17-15)18-9-12-10-19(2)14-6-4-3-5-13(12)14/h3-8,10-11,18H,9H2,1-2H3,(H,16,17). The van der Waals surface area contributed by atoms with Gasteiger partial charge in [-0.1, -0.05) is 18.2 Å². The van der Waals surface area contributed by atoms with Crippen LogP contribution in [0.15, 0.2) is 42.9 Å². The highest BCUT2D eigenvalue weighted by molar-refractivity contribution is 5.83. The monoisotopic (exact) mass is 254 g/mol. The minimum atomic E-state index is 0.217. The van der Waals surface area contributed by atoms with Crippen LogP contribution in [0.4, 0.5) is 0 Å². The van der Waals surface area contributed by atoms with E-state index in [0.717, 1.165) is 12.4 Å². The zero-order valence-electron chi connectivity index (χ0n) is 11.2. The van der Waals surface area contributed by atoms with Crippen molar-refractivity contribution in [2.45, 2.75) is 19.5 Å². The average Bonchev–Trinajstić information content (AvgIpc) is 3.06. The first-order valence-corrected chi connectivity index (χ1v) is 6.51. The Labute approximate surface area is 112 Å². The molecule has 4 nitrogen and oxygen atoms in total. The summed E-state index contributed by atoms with van der Waals surface area (Å²) in [4.78, 5) is 7.41. The Morgan fingerprint density at radius 1 is 1.37 bits per heavy atom. The molecule has 0 spiro atoms. The summed E-state index contributed by atoms with van der Waals surface area (Å²) in [6.45, 7) is 2.95. The number of hydrogen-bond acceptors (Lipinski definition) is 2. The second-order valence-corrected chi connectivity index (χ2v) is 4.86. The third kappa shape index (κ3) is 2.27. The molecule has 0 bridgehead atoms. The highest BCUT2D eigenvalue weighted by Crippen LogP contribution is 2.20. The van der Waals surface area contributed by atoms with Crippen LogP contribution < -0.4 is 5.32 Å². The third-order valence-corrected chi connectivity index (χ3v) is 3.51. The van der Waals surface area contributed by atoms with Crippen LogP contribution in [0.3, 0.4) is 0 Å². The number of nitrogens with zero attached hydrogens (tertiary/aromatic N) is 2. The van der Waals surface area contributed by atoms with Gasteiger partial charge in [0.05, 0.1) is 6.04 Å². The lowest BCUT2D eigenvalue weighted by Gasteiger charge is -2.10. The number of benzene rings is 1. The van der Waals surface area contributed by atoms with Gasteiger partial charge < -0.3 is 14.9 Å². The molecule has 1 atom stereocenters. The molecule has 2 heterocycles. The maximum absolute atomic E-state index is 4.27. The molecule has 98 valence electrons. The second kappa shape index (κ2) is 4.90. The van der Waals surface area contributed by atoms with E-state index in [0.29, 0.717) is 0 Å². The second-order valence-electron chi connectivity index (χ2n) is 4.86. The van der Waals surface area contributed by atoms with E-state index in [4.69, 9.17) is 0 Å². The summed E-state index contributed by atoms with van der Waals surface area (Å²) in [6, 6.07) is 8.69. The van der Waals surface area contributed by atoms with Gasteiger partial charge in [0, 0.05) is 43.1 Å². The molecule has 0 fully saturated rings. The Morgan fingerprint density at radius 3 is 3.00 bits per heavy atom. The van der Waals surface area contributed by atoms with Crippen molar-refractivity contribution in [3.63, 3.8) is 0 Å². The molecule has 0 aliphatic carbocycles. The Hall–Kier alpha value is -2.07. The quantitative estimate of drug-likeness (QED) is 0.752. The van der Waals surface area contributed by atoms with Gasteiger partial charge >= 0.3 is 0 Å². The van der Waals surface area contributed by atoms with Gasteiger partial charge in [-0.3, -0.25) is 0 Å². The van der Waals surface area contributed by atoms with E-state index in [-0.39, 0.29) is 6.04 Å². The summed E-state index contributed by atoms with van der Waals surface area (Å²) in [6.07, 6.45) is 5.82. The van der Waals surface area contributed by atoms with Crippen molar-refractivity contribution in [1.82, 2.24) is 19.9 Å². The van der Waals surface area contributed by atoms with Crippen LogP contribution in [0.1, 0.15) is 24.4 Å². The Balaban J connectivity index is 1.79. The summed E-state index contributed by atoms with van der Waals surface area (Å²) in [5, 5.41) is 4.81. The lowest BCUT2D eigenvalue weighted by Crippen LogP contribution is -2.19. The minimum Gasteiger partial charge on any atom is -0.350 e. The summed E-state index contributed by atoms with van der Waals surface area (Å²) in [5.74, 6) is 0.972.